The first-order valence-corrected chi connectivity index (χ1v) is 11.7. The van der Waals surface area contributed by atoms with Crippen LogP contribution in [0.4, 0.5) is 5.69 Å². The Morgan fingerprint density at radius 2 is 1.78 bits per heavy atom. The van der Waals surface area contributed by atoms with E-state index >= 15 is 0 Å². The number of pyridine rings is 1. The first-order chi connectivity index (χ1) is 17.2. The van der Waals surface area contributed by atoms with Crippen molar-refractivity contribution in [1.29, 1.82) is 0 Å². The van der Waals surface area contributed by atoms with Crippen LogP contribution in [0.25, 0.3) is 5.76 Å². The average molecular weight is 485 g/mol. The predicted octanol–water partition coefficient (Wildman–Crippen LogP) is 4.82. The Labute approximate surface area is 210 Å². The van der Waals surface area contributed by atoms with E-state index in [9.17, 15) is 19.5 Å². The number of anilines is 1. The topological polar surface area (TPSA) is 96.8 Å². The van der Waals surface area contributed by atoms with Gasteiger partial charge in [-0.1, -0.05) is 30.3 Å². The molecule has 0 aliphatic carbocycles. The van der Waals surface area contributed by atoms with Crippen LogP contribution in [0.5, 0.6) is 0 Å². The highest BCUT2D eigenvalue weighted by atomic mass is 16.5. The van der Waals surface area contributed by atoms with Crippen molar-refractivity contribution in [2.24, 2.45) is 0 Å². The van der Waals surface area contributed by atoms with Gasteiger partial charge in [0.1, 0.15) is 5.76 Å². The first-order valence-electron chi connectivity index (χ1n) is 11.7. The molecule has 1 saturated heterocycles. The van der Waals surface area contributed by atoms with Crippen molar-refractivity contribution in [3.05, 3.63) is 100 Å². The molecule has 1 aliphatic rings. The lowest BCUT2D eigenvalue weighted by Gasteiger charge is -2.25. The molecule has 0 spiro atoms. The van der Waals surface area contributed by atoms with E-state index in [-0.39, 0.29) is 29.8 Å². The number of hydrogen-bond acceptors (Lipinski definition) is 6. The van der Waals surface area contributed by atoms with Crippen LogP contribution in [-0.4, -0.2) is 33.9 Å². The summed E-state index contributed by atoms with van der Waals surface area (Å²) in [4.78, 5) is 44.1. The third-order valence-electron chi connectivity index (χ3n) is 6.16. The van der Waals surface area contributed by atoms with E-state index in [2.05, 4.69) is 4.98 Å². The van der Waals surface area contributed by atoms with E-state index in [1.807, 2.05) is 19.9 Å². The third kappa shape index (κ3) is 4.91. The molecule has 2 heterocycles. The second-order valence-corrected chi connectivity index (χ2v) is 9.14. The molecule has 1 N–H and O–H groups in total. The standard InChI is InChI=1S/C29H28N2O5/c1-17(2)36-24(32)15-20-8-11-23(12-9-20)31-26(22-6-5-13-30-16-22)25(28(34)29(31)35)27(33)21-10-7-18(3)19(4)14-21/h5-14,16-17,26,33H,15H2,1-4H3/b27-25-. The Bertz CT molecular complexity index is 1340. The van der Waals surface area contributed by atoms with E-state index in [1.165, 1.54) is 4.90 Å². The van der Waals surface area contributed by atoms with Crippen molar-refractivity contribution < 1.29 is 24.2 Å². The summed E-state index contributed by atoms with van der Waals surface area (Å²) in [6, 6.07) is 14.8. The SMILES string of the molecule is Cc1ccc(/C(O)=C2/C(=O)C(=O)N(c3ccc(CC(=O)OC(C)C)cc3)C2c2cccnc2)cc1C. The third-order valence-corrected chi connectivity index (χ3v) is 6.16. The van der Waals surface area contributed by atoms with Gasteiger partial charge in [0.2, 0.25) is 0 Å². The smallest absolute Gasteiger partial charge is 0.310 e. The molecule has 3 aromatic rings. The molecule has 1 aromatic heterocycles. The lowest BCUT2D eigenvalue weighted by molar-refractivity contribution is -0.146. The van der Waals surface area contributed by atoms with Crippen LogP contribution in [0.3, 0.4) is 0 Å². The van der Waals surface area contributed by atoms with Gasteiger partial charge < -0.3 is 9.84 Å². The average Bonchev–Trinajstić information content (AvgIpc) is 3.11. The minimum atomic E-state index is -0.864. The maximum absolute atomic E-state index is 13.3. The predicted molar refractivity (Wildman–Crippen MR) is 136 cm³/mol. The van der Waals surface area contributed by atoms with Gasteiger partial charge in [0.15, 0.2) is 0 Å². The number of esters is 1. The summed E-state index contributed by atoms with van der Waals surface area (Å²) in [5, 5.41) is 11.2. The number of aryl methyl sites for hydroxylation is 2. The van der Waals surface area contributed by atoms with Crippen molar-refractivity contribution in [1.82, 2.24) is 4.98 Å². The molecule has 7 heteroatoms. The number of benzene rings is 2. The fourth-order valence-corrected chi connectivity index (χ4v) is 4.24. The summed E-state index contributed by atoms with van der Waals surface area (Å²) in [7, 11) is 0. The maximum Gasteiger partial charge on any atom is 0.310 e. The van der Waals surface area contributed by atoms with Crippen LogP contribution in [0.15, 0.2) is 72.6 Å². The molecule has 2 aromatic carbocycles. The van der Waals surface area contributed by atoms with Gasteiger partial charge in [0.25, 0.3) is 11.7 Å². The first kappa shape index (κ1) is 24.9. The van der Waals surface area contributed by atoms with E-state index in [4.69, 9.17) is 4.74 Å². The normalized spacial score (nSPS) is 17.0. The lowest BCUT2D eigenvalue weighted by Crippen LogP contribution is -2.29. The van der Waals surface area contributed by atoms with Crippen LogP contribution in [0.1, 0.15) is 47.7 Å². The molecule has 1 fully saturated rings. The summed E-state index contributed by atoms with van der Waals surface area (Å²) < 4.78 is 5.20. The van der Waals surface area contributed by atoms with Crippen molar-refractivity contribution in [2.45, 2.75) is 46.3 Å². The molecular formula is C29H28N2O5. The van der Waals surface area contributed by atoms with Gasteiger partial charge in [-0.15, -0.1) is 0 Å². The maximum atomic E-state index is 13.3. The molecule has 1 aliphatic heterocycles. The number of aliphatic hydroxyl groups excluding tert-OH is 1. The van der Waals surface area contributed by atoms with Crippen molar-refractivity contribution in [3.8, 4) is 0 Å². The summed E-state index contributed by atoms with van der Waals surface area (Å²) in [6.07, 6.45) is 3.06. The molecule has 184 valence electrons. The molecule has 0 saturated carbocycles. The number of carbonyl (C=O) groups excluding carboxylic acids is 3. The number of hydrogen-bond donors (Lipinski definition) is 1. The van der Waals surface area contributed by atoms with Gasteiger partial charge in [-0.25, -0.2) is 0 Å². The van der Waals surface area contributed by atoms with Crippen LogP contribution < -0.4 is 4.90 Å². The fourth-order valence-electron chi connectivity index (χ4n) is 4.24. The Morgan fingerprint density at radius 1 is 1.06 bits per heavy atom. The van der Waals surface area contributed by atoms with Gasteiger partial charge >= 0.3 is 5.97 Å². The highest BCUT2D eigenvalue weighted by molar-refractivity contribution is 6.51. The van der Waals surface area contributed by atoms with Crippen molar-refractivity contribution in [3.63, 3.8) is 0 Å². The minimum absolute atomic E-state index is 0.000778. The number of rotatable bonds is 6. The van der Waals surface area contributed by atoms with Crippen LogP contribution >= 0.6 is 0 Å². The quantitative estimate of drug-likeness (QED) is 0.233. The summed E-state index contributed by atoms with van der Waals surface area (Å²) in [6.45, 7) is 7.45. The second-order valence-electron chi connectivity index (χ2n) is 9.14. The lowest BCUT2D eigenvalue weighted by atomic mass is 9.95. The Balaban J connectivity index is 1.77. The number of aliphatic hydroxyl groups is 1. The molecule has 1 amide bonds. The van der Waals surface area contributed by atoms with Crippen LogP contribution in [0, 0.1) is 13.8 Å². The summed E-state index contributed by atoms with van der Waals surface area (Å²) >= 11 is 0. The largest absolute Gasteiger partial charge is 0.507 e. The fraction of sp³-hybridized carbons (Fsp3) is 0.241. The highest BCUT2D eigenvalue weighted by Gasteiger charge is 2.47. The minimum Gasteiger partial charge on any atom is -0.507 e. The van der Waals surface area contributed by atoms with Crippen molar-refractivity contribution >= 4 is 29.1 Å². The number of ether oxygens (including phenoxy) is 1. The number of amides is 1. The molecule has 0 bridgehead atoms. The highest BCUT2D eigenvalue weighted by Crippen LogP contribution is 2.42. The second kappa shape index (κ2) is 10.2. The van der Waals surface area contributed by atoms with Gasteiger partial charge in [-0.05, 0) is 74.2 Å². The number of carbonyl (C=O) groups is 3. The van der Waals surface area contributed by atoms with Gasteiger partial charge in [0, 0.05) is 23.6 Å². The van der Waals surface area contributed by atoms with Gasteiger partial charge in [-0.2, -0.15) is 0 Å². The number of nitrogens with zero attached hydrogens (tertiary/aromatic N) is 2. The zero-order valence-corrected chi connectivity index (χ0v) is 20.7. The van der Waals surface area contributed by atoms with E-state index < -0.39 is 17.7 Å². The molecule has 7 nitrogen and oxygen atoms in total. The Morgan fingerprint density at radius 3 is 2.39 bits per heavy atom. The zero-order valence-electron chi connectivity index (χ0n) is 20.7. The zero-order chi connectivity index (χ0) is 26.0. The van der Waals surface area contributed by atoms with Gasteiger partial charge in [0.05, 0.1) is 24.1 Å². The van der Waals surface area contributed by atoms with E-state index in [1.54, 1.807) is 74.8 Å². The number of Topliss-reactive ketones (excluding diaryl/α,β-unsaturated/α-hetero) is 1. The molecule has 1 atom stereocenters. The van der Waals surface area contributed by atoms with Crippen LogP contribution in [-0.2, 0) is 25.5 Å². The van der Waals surface area contributed by atoms with E-state index in [0.717, 1.165) is 11.1 Å². The Hall–Kier alpha value is -4.26. The molecule has 4 rings (SSSR count). The molecule has 0 radical (unpaired) electrons. The molecule has 36 heavy (non-hydrogen) atoms. The Kier molecular flexibility index (Phi) is 7.01. The monoisotopic (exact) mass is 484 g/mol. The van der Waals surface area contributed by atoms with Crippen molar-refractivity contribution in [2.75, 3.05) is 4.90 Å². The van der Waals surface area contributed by atoms with E-state index in [0.29, 0.717) is 22.4 Å². The molecule has 1 unspecified atom stereocenters. The number of aromatic nitrogens is 1. The summed E-state index contributed by atoms with van der Waals surface area (Å²) in [5.41, 5.74) is 4.24. The number of ketones is 1. The van der Waals surface area contributed by atoms with Gasteiger partial charge in [-0.3, -0.25) is 24.3 Å². The molecular weight excluding hydrogens is 456 g/mol. The summed E-state index contributed by atoms with van der Waals surface area (Å²) in [5.74, 6) is -2.10. The van der Waals surface area contributed by atoms with Crippen LogP contribution in [0.2, 0.25) is 0 Å².